The van der Waals surface area contributed by atoms with Gasteiger partial charge in [0.1, 0.15) is 0 Å². The lowest BCUT2D eigenvalue weighted by Gasteiger charge is -2.31. The molecular formula is C15H23NO2S. The number of nitrogens with zero attached hydrogens (tertiary/aromatic N) is 1. The normalized spacial score (nSPS) is 22.4. The van der Waals surface area contributed by atoms with E-state index in [1.54, 1.807) is 6.92 Å². The van der Waals surface area contributed by atoms with Crippen LogP contribution in [0.4, 0.5) is 0 Å². The number of aliphatic hydroxyl groups is 1. The maximum atomic E-state index is 9.47. The van der Waals surface area contributed by atoms with Crippen molar-refractivity contribution in [2.45, 2.75) is 31.0 Å². The van der Waals surface area contributed by atoms with Gasteiger partial charge in [-0.3, -0.25) is 4.90 Å². The summed E-state index contributed by atoms with van der Waals surface area (Å²) in [6.45, 7) is 8.03. The van der Waals surface area contributed by atoms with Gasteiger partial charge in [0.05, 0.1) is 18.8 Å². The smallest absolute Gasteiger partial charge is 0.0796 e. The average Bonchev–Trinajstić information content (AvgIpc) is 2.46. The number of aliphatic hydroxyl groups excluding tert-OH is 1. The highest BCUT2D eigenvalue weighted by Gasteiger charge is 2.19. The molecule has 2 rings (SSSR count). The summed E-state index contributed by atoms with van der Waals surface area (Å²) in [7, 11) is 0. The highest BCUT2D eigenvalue weighted by Crippen LogP contribution is 2.23. The number of morpholine rings is 1. The monoisotopic (exact) mass is 281 g/mol. The van der Waals surface area contributed by atoms with E-state index in [9.17, 15) is 5.11 Å². The molecule has 0 amide bonds. The Kier molecular flexibility index (Phi) is 5.70. The van der Waals surface area contributed by atoms with E-state index in [0.29, 0.717) is 6.10 Å². The first-order chi connectivity index (χ1) is 9.19. The maximum Gasteiger partial charge on any atom is 0.0796 e. The van der Waals surface area contributed by atoms with Crippen LogP contribution in [0.2, 0.25) is 0 Å². The zero-order chi connectivity index (χ0) is 13.7. The van der Waals surface area contributed by atoms with Gasteiger partial charge in [0.15, 0.2) is 0 Å². The lowest BCUT2D eigenvalue weighted by molar-refractivity contribution is -0.0137. The Morgan fingerprint density at radius 2 is 2.16 bits per heavy atom. The van der Waals surface area contributed by atoms with Crippen molar-refractivity contribution < 1.29 is 9.84 Å². The zero-order valence-electron chi connectivity index (χ0n) is 11.7. The van der Waals surface area contributed by atoms with Crippen LogP contribution in [0.5, 0.6) is 0 Å². The predicted octanol–water partition coefficient (Wildman–Crippen LogP) is 2.55. The molecule has 1 N–H and O–H groups in total. The molecule has 1 heterocycles. The fourth-order valence-electron chi connectivity index (χ4n) is 2.20. The molecule has 0 bridgehead atoms. The van der Waals surface area contributed by atoms with Crippen LogP contribution in [0.3, 0.4) is 0 Å². The Bertz CT molecular complexity index is 380. The Labute approximate surface area is 120 Å². The summed E-state index contributed by atoms with van der Waals surface area (Å²) in [6.07, 6.45) is -0.0611. The third kappa shape index (κ3) is 4.49. The highest BCUT2D eigenvalue weighted by molar-refractivity contribution is 7.99. The van der Waals surface area contributed by atoms with Gasteiger partial charge < -0.3 is 9.84 Å². The zero-order valence-corrected chi connectivity index (χ0v) is 12.5. The number of rotatable bonds is 5. The molecule has 1 fully saturated rings. The van der Waals surface area contributed by atoms with E-state index >= 15 is 0 Å². The molecule has 0 aliphatic carbocycles. The topological polar surface area (TPSA) is 32.7 Å². The van der Waals surface area contributed by atoms with E-state index < -0.39 is 0 Å². The van der Waals surface area contributed by atoms with E-state index in [4.69, 9.17) is 4.74 Å². The number of thioether (sulfide) groups is 1. The largest absolute Gasteiger partial charge is 0.389 e. The molecule has 0 radical (unpaired) electrons. The molecule has 1 aromatic carbocycles. The average molecular weight is 281 g/mol. The summed E-state index contributed by atoms with van der Waals surface area (Å²) in [5.41, 5.74) is 0.968. The van der Waals surface area contributed by atoms with Crippen molar-refractivity contribution in [2.75, 3.05) is 32.0 Å². The van der Waals surface area contributed by atoms with Crippen molar-refractivity contribution in [3.8, 4) is 0 Å². The van der Waals surface area contributed by atoms with Gasteiger partial charge in [-0.1, -0.05) is 19.1 Å². The lowest BCUT2D eigenvalue weighted by atomic mass is 10.1. The van der Waals surface area contributed by atoms with Crippen LogP contribution in [-0.4, -0.2) is 48.1 Å². The molecule has 4 heteroatoms. The Morgan fingerprint density at radius 3 is 2.79 bits per heavy atom. The van der Waals surface area contributed by atoms with Gasteiger partial charge in [-0.25, -0.2) is 0 Å². The minimum Gasteiger partial charge on any atom is -0.389 e. The molecule has 1 aliphatic rings. The van der Waals surface area contributed by atoms with Crippen LogP contribution in [0.25, 0.3) is 0 Å². The SMILES string of the molecule is CCN1CCOC(CSc2ccc(C(C)O)cc2)C1. The molecule has 2 unspecified atom stereocenters. The fraction of sp³-hybridized carbons (Fsp3) is 0.600. The number of hydrogen-bond acceptors (Lipinski definition) is 4. The fourth-order valence-corrected chi connectivity index (χ4v) is 3.11. The van der Waals surface area contributed by atoms with Crippen LogP contribution in [0.1, 0.15) is 25.5 Å². The molecular weight excluding hydrogens is 258 g/mol. The molecule has 106 valence electrons. The first-order valence-corrected chi connectivity index (χ1v) is 7.92. The van der Waals surface area contributed by atoms with Crippen LogP contribution in [0.15, 0.2) is 29.2 Å². The number of benzene rings is 1. The van der Waals surface area contributed by atoms with Crippen LogP contribution in [0, 0.1) is 0 Å². The minimum absolute atomic E-state index is 0.329. The minimum atomic E-state index is -0.390. The van der Waals surface area contributed by atoms with Gasteiger partial charge in [0, 0.05) is 23.7 Å². The lowest BCUT2D eigenvalue weighted by Crippen LogP contribution is -2.43. The quantitative estimate of drug-likeness (QED) is 0.841. The summed E-state index contributed by atoms with van der Waals surface area (Å²) in [5.74, 6) is 0.991. The second-order valence-electron chi connectivity index (χ2n) is 4.94. The van der Waals surface area contributed by atoms with Crippen molar-refractivity contribution in [1.82, 2.24) is 4.90 Å². The van der Waals surface area contributed by atoms with Gasteiger partial charge in [0.25, 0.3) is 0 Å². The molecule has 0 saturated carbocycles. The van der Waals surface area contributed by atoms with Crippen molar-refractivity contribution in [1.29, 1.82) is 0 Å². The van der Waals surface area contributed by atoms with Crippen molar-refractivity contribution in [2.24, 2.45) is 0 Å². The van der Waals surface area contributed by atoms with Crippen LogP contribution < -0.4 is 0 Å². The standard InChI is InChI=1S/C15H23NO2S/c1-3-16-8-9-18-14(10-16)11-19-15-6-4-13(5-7-15)12(2)17/h4-7,12,14,17H,3,8-11H2,1-2H3. The van der Waals surface area contributed by atoms with Crippen molar-refractivity contribution in [3.63, 3.8) is 0 Å². The molecule has 0 spiro atoms. The molecule has 3 nitrogen and oxygen atoms in total. The Hall–Kier alpha value is -0.550. The highest BCUT2D eigenvalue weighted by atomic mass is 32.2. The molecule has 0 aromatic heterocycles. The Morgan fingerprint density at radius 1 is 1.42 bits per heavy atom. The second-order valence-corrected chi connectivity index (χ2v) is 6.04. The summed E-state index contributed by atoms with van der Waals surface area (Å²) < 4.78 is 5.79. The van der Waals surface area contributed by atoms with Gasteiger partial charge in [-0.05, 0) is 31.2 Å². The molecule has 1 aromatic rings. The maximum absolute atomic E-state index is 9.47. The first-order valence-electron chi connectivity index (χ1n) is 6.94. The van der Waals surface area contributed by atoms with E-state index in [1.165, 1.54) is 4.90 Å². The third-order valence-corrected chi connectivity index (χ3v) is 4.61. The molecule has 19 heavy (non-hydrogen) atoms. The van der Waals surface area contributed by atoms with Gasteiger partial charge in [0.2, 0.25) is 0 Å². The van der Waals surface area contributed by atoms with E-state index in [0.717, 1.165) is 37.6 Å². The van der Waals surface area contributed by atoms with Gasteiger partial charge in [-0.2, -0.15) is 0 Å². The van der Waals surface area contributed by atoms with E-state index in [2.05, 4.69) is 24.0 Å². The molecule has 1 saturated heterocycles. The number of hydrogen-bond donors (Lipinski definition) is 1. The van der Waals surface area contributed by atoms with Gasteiger partial charge >= 0.3 is 0 Å². The summed E-state index contributed by atoms with van der Waals surface area (Å²) in [5, 5.41) is 9.47. The second kappa shape index (κ2) is 7.29. The summed E-state index contributed by atoms with van der Waals surface area (Å²) in [4.78, 5) is 3.67. The third-order valence-electron chi connectivity index (χ3n) is 3.47. The summed E-state index contributed by atoms with van der Waals surface area (Å²) in [6, 6.07) is 8.14. The van der Waals surface area contributed by atoms with Crippen LogP contribution in [-0.2, 0) is 4.74 Å². The van der Waals surface area contributed by atoms with Gasteiger partial charge in [-0.15, -0.1) is 11.8 Å². The van der Waals surface area contributed by atoms with Crippen molar-refractivity contribution in [3.05, 3.63) is 29.8 Å². The molecule has 1 aliphatic heterocycles. The Balaban J connectivity index is 1.81. The van der Waals surface area contributed by atoms with E-state index in [-0.39, 0.29) is 6.10 Å². The van der Waals surface area contributed by atoms with E-state index in [1.807, 2.05) is 23.9 Å². The molecule has 2 atom stereocenters. The number of ether oxygens (including phenoxy) is 1. The predicted molar refractivity (Wildman–Crippen MR) is 79.7 cm³/mol. The summed E-state index contributed by atoms with van der Waals surface area (Å²) >= 11 is 1.83. The van der Waals surface area contributed by atoms with Crippen molar-refractivity contribution >= 4 is 11.8 Å². The first kappa shape index (κ1) is 14.9. The van der Waals surface area contributed by atoms with Crippen LogP contribution >= 0.6 is 11.8 Å². The number of likely N-dealkylation sites (N-methyl/N-ethyl adjacent to an activating group) is 1.